The lowest BCUT2D eigenvalue weighted by molar-refractivity contribution is -0.308. The lowest BCUT2D eigenvalue weighted by atomic mass is 10.1. The minimum Gasteiger partial charge on any atom is -0.426 e. The van der Waals surface area contributed by atoms with E-state index in [9.17, 15) is 39.6 Å². The average molecular weight is 447 g/mol. The van der Waals surface area contributed by atoms with Gasteiger partial charge < -0.3 is 9.64 Å². The van der Waals surface area contributed by atoms with Gasteiger partial charge in [-0.25, -0.2) is 17.9 Å². The largest absolute Gasteiger partial charge is 0.434 e. The smallest absolute Gasteiger partial charge is 0.426 e. The Balaban J connectivity index is 1.92. The Labute approximate surface area is 151 Å². The number of nitrogens with zero attached hydrogens (tertiary/aromatic N) is 1. The minimum atomic E-state index is -5.82. The number of amides is 1. The van der Waals surface area contributed by atoms with Gasteiger partial charge in [-0.05, 0) is 12.1 Å². The molecule has 1 aromatic rings. The van der Waals surface area contributed by atoms with Gasteiger partial charge in [-0.15, -0.1) is 11.3 Å². The minimum absolute atomic E-state index is 0.127. The zero-order chi connectivity index (χ0) is 19.9. The molecule has 15 heteroatoms. The number of halogens is 7. The summed E-state index contributed by atoms with van der Waals surface area (Å²) in [5.41, 5.74) is 0. The third-order valence-corrected chi connectivity index (χ3v) is 6.33. The SMILES string of the molecule is O=C(OC(C(F)(F)F)C(F)(F)F)N1CC(NS(=O)(=O)c2ccc(Cl)s2)C1. The highest BCUT2D eigenvalue weighted by Gasteiger charge is 2.60. The fraction of sp³-hybridized carbons (Fsp3) is 0.545. The van der Waals surface area contributed by atoms with Crippen LogP contribution in [-0.4, -0.2) is 57.0 Å². The molecule has 26 heavy (non-hydrogen) atoms. The van der Waals surface area contributed by atoms with Crippen LogP contribution in [0.25, 0.3) is 0 Å². The highest BCUT2D eigenvalue weighted by molar-refractivity contribution is 7.91. The first-order valence-corrected chi connectivity index (χ1v) is 9.24. The van der Waals surface area contributed by atoms with Crippen LogP contribution in [0.5, 0.6) is 0 Å². The van der Waals surface area contributed by atoms with Gasteiger partial charge in [-0.2, -0.15) is 26.3 Å². The molecule has 0 radical (unpaired) electrons. The summed E-state index contributed by atoms with van der Waals surface area (Å²) in [6.45, 7) is -0.890. The standard InChI is InChI=1S/C11H9ClF6N2O4S2/c12-6-1-2-7(25-6)26(22,23)19-5-3-20(4-5)9(21)24-8(10(13,14)15)11(16,17)18/h1-2,5,8,19H,3-4H2. The van der Waals surface area contributed by atoms with E-state index in [4.69, 9.17) is 11.6 Å². The number of ether oxygens (including phenoxy) is 1. The number of thiophene rings is 1. The molecule has 1 saturated heterocycles. The van der Waals surface area contributed by atoms with Gasteiger partial charge in [-0.3, -0.25) is 0 Å². The van der Waals surface area contributed by atoms with Gasteiger partial charge in [0.2, 0.25) is 10.0 Å². The van der Waals surface area contributed by atoms with Crippen LogP contribution in [-0.2, 0) is 14.8 Å². The quantitative estimate of drug-likeness (QED) is 0.721. The molecule has 1 fully saturated rings. The maximum Gasteiger partial charge on any atom is 0.434 e. The van der Waals surface area contributed by atoms with E-state index in [0.717, 1.165) is 11.3 Å². The molecule has 2 rings (SSSR count). The molecule has 6 nitrogen and oxygen atoms in total. The van der Waals surface area contributed by atoms with Crippen molar-refractivity contribution >= 4 is 39.1 Å². The Kier molecular flexibility index (Phi) is 5.71. The third kappa shape index (κ3) is 4.92. The monoisotopic (exact) mass is 446 g/mol. The van der Waals surface area contributed by atoms with Crippen molar-refractivity contribution in [2.75, 3.05) is 13.1 Å². The molecule has 1 aliphatic rings. The number of nitrogens with one attached hydrogen (secondary N) is 1. The van der Waals surface area contributed by atoms with Crippen molar-refractivity contribution in [1.82, 2.24) is 9.62 Å². The molecule has 0 atom stereocenters. The van der Waals surface area contributed by atoms with Crippen molar-refractivity contribution in [2.45, 2.75) is 28.7 Å². The fourth-order valence-corrected chi connectivity index (χ4v) is 4.63. The molecule has 0 unspecified atom stereocenters. The van der Waals surface area contributed by atoms with Crippen LogP contribution in [0.15, 0.2) is 16.3 Å². The number of likely N-dealkylation sites (tertiary alicyclic amines) is 1. The van der Waals surface area contributed by atoms with E-state index in [-0.39, 0.29) is 8.55 Å². The summed E-state index contributed by atoms with van der Waals surface area (Å²) in [7, 11) is -3.97. The van der Waals surface area contributed by atoms with Crippen molar-refractivity contribution in [3.05, 3.63) is 16.5 Å². The van der Waals surface area contributed by atoms with Crippen LogP contribution >= 0.6 is 22.9 Å². The second kappa shape index (κ2) is 7.05. The van der Waals surface area contributed by atoms with E-state index in [0.29, 0.717) is 4.90 Å². The highest BCUT2D eigenvalue weighted by Crippen LogP contribution is 2.36. The summed E-state index contributed by atoms with van der Waals surface area (Å²) in [5, 5.41) is 0. The summed E-state index contributed by atoms with van der Waals surface area (Å²) in [6.07, 6.45) is -17.7. The zero-order valence-electron chi connectivity index (χ0n) is 12.3. The molecule has 148 valence electrons. The Morgan fingerprint density at radius 2 is 1.77 bits per heavy atom. The number of hydrogen-bond acceptors (Lipinski definition) is 5. The Bertz CT molecular complexity index is 758. The lowest BCUT2D eigenvalue weighted by Crippen LogP contribution is -2.62. The van der Waals surface area contributed by atoms with Gasteiger partial charge in [0.15, 0.2) is 0 Å². The van der Waals surface area contributed by atoms with Crippen molar-refractivity contribution in [1.29, 1.82) is 0 Å². The first-order valence-electron chi connectivity index (χ1n) is 6.57. The molecule has 0 spiro atoms. The summed E-state index contributed by atoms with van der Waals surface area (Å²) < 4.78 is 104. The molecule has 1 N–H and O–H groups in total. The van der Waals surface area contributed by atoms with E-state index in [2.05, 4.69) is 9.46 Å². The normalized spacial score (nSPS) is 16.7. The highest BCUT2D eigenvalue weighted by atomic mass is 35.5. The van der Waals surface area contributed by atoms with Crippen molar-refractivity contribution in [3.8, 4) is 0 Å². The van der Waals surface area contributed by atoms with E-state index in [1.165, 1.54) is 12.1 Å². The van der Waals surface area contributed by atoms with Crippen molar-refractivity contribution in [3.63, 3.8) is 0 Å². The van der Waals surface area contributed by atoms with Crippen molar-refractivity contribution < 1.29 is 44.3 Å². The van der Waals surface area contributed by atoms with Gasteiger partial charge in [0.25, 0.3) is 6.10 Å². The lowest BCUT2D eigenvalue weighted by Gasteiger charge is -2.39. The predicted molar refractivity (Wildman–Crippen MR) is 77.4 cm³/mol. The summed E-state index contributed by atoms with van der Waals surface area (Å²) in [6, 6.07) is 1.67. The molecule has 0 aromatic carbocycles. The number of sulfonamides is 1. The number of hydrogen-bond donors (Lipinski definition) is 1. The molecule has 1 aromatic heterocycles. The zero-order valence-corrected chi connectivity index (χ0v) is 14.7. The van der Waals surface area contributed by atoms with Crippen LogP contribution in [0.4, 0.5) is 31.1 Å². The average Bonchev–Trinajstić information content (AvgIpc) is 2.84. The van der Waals surface area contributed by atoms with Gasteiger partial charge in [-0.1, -0.05) is 11.6 Å². The number of carbonyl (C=O) groups excluding carboxylic acids is 1. The third-order valence-electron chi connectivity index (χ3n) is 3.09. The van der Waals surface area contributed by atoms with Crippen LogP contribution < -0.4 is 4.72 Å². The van der Waals surface area contributed by atoms with Crippen LogP contribution in [0.2, 0.25) is 4.34 Å². The maximum atomic E-state index is 12.3. The number of carbonyl (C=O) groups is 1. The topological polar surface area (TPSA) is 75.7 Å². The van der Waals surface area contributed by atoms with Gasteiger partial charge >= 0.3 is 18.4 Å². The second-order valence-electron chi connectivity index (χ2n) is 5.13. The Morgan fingerprint density at radius 1 is 1.23 bits per heavy atom. The Hall–Kier alpha value is -1.25. The summed E-state index contributed by atoms with van der Waals surface area (Å²) >= 11 is 6.36. The molecule has 1 amide bonds. The number of alkyl halides is 6. The summed E-state index contributed by atoms with van der Waals surface area (Å²) in [4.78, 5) is 11.9. The first-order chi connectivity index (χ1) is 11.7. The number of rotatable bonds is 4. The van der Waals surface area contributed by atoms with Gasteiger partial charge in [0.05, 0.1) is 10.4 Å². The molecule has 0 bridgehead atoms. The second-order valence-corrected chi connectivity index (χ2v) is 8.78. The predicted octanol–water partition coefficient (Wildman–Crippen LogP) is 2.99. The van der Waals surface area contributed by atoms with Gasteiger partial charge in [0.1, 0.15) is 4.21 Å². The van der Waals surface area contributed by atoms with E-state index < -0.39 is 53.7 Å². The molecular weight excluding hydrogens is 438 g/mol. The van der Waals surface area contributed by atoms with Crippen molar-refractivity contribution in [2.24, 2.45) is 0 Å². The first kappa shape index (κ1) is 21.1. The van der Waals surface area contributed by atoms with Crippen LogP contribution in [0, 0.1) is 0 Å². The fourth-order valence-electron chi connectivity index (χ4n) is 1.92. The van der Waals surface area contributed by atoms with E-state index in [1.54, 1.807) is 0 Å². The van der Waals surface area contributed by atoms with E-state index in [1.807, 2.05) is 0 Å². The molecule has 2 heterocycles. The van der Waals surface area contributed by atoms with Crippen LogP contribution in [0.1, 0.15) is 0 Å². The molecule has 1 aliphatic heterocycles. The molecular formula is C11H9ClF6N2O4S2. The summed E-state index contributed by atoms with van der Waals surface area (Å²) in [5.74, 6) is 0. The maximum absolute atomic E-state index is 12.3. The van der Waals surface area contributed by atoms with Crippen LogP contribution in [0.3, 0.4) is 0 Å². The van der Waals surface area contributed by atoms with Gasteiger partial charge in [0, 0.05) is 13.1 Å². The molecule has 0 aliphatic carbocycles. The van der Waals surface area contributed by atoms with E-state index >= 15 is 0 Å². The Morgan fingerprint density at radius 3 is 2.19 bits per heavy atom. The molecule has 0 saturated carbocycles.